The van der Waals surface area contributed by atoms with Crippen molar-refractivity contribution < 1.29 is 17.9 Å². The van der Waals surface area contributed by atoms with Crippen LogP contribution in [0.15, 0.2) is 83.8 Å². The Bertz CT molecular complexity index is 1110. The number of carbonyl (C=O) groups excluding carboxylic acids is 1. The molecule has 0 heterocycles. The van der Waals surface area contributed by atoms with E-state index < -0.39 is 15.9 Å². The first-order valence-corrected chi connectivity index (χ1v) is 11.8. The van der Waals surface area contributed by atoms with Crippen LogP contribution < -0.4 is 9.62 Å². The number of benzene rings is 3. The second-order valence-electron chi connectivity index (χ2n) is 7.55. The molecule has 0 aliphatic heterocycles. The molecule has 3 aromatic rings. The third-order valence-electron chi connectivity index (χ3n) is 4.90. The van der Waals surface area contributed by atoms with Crippen molar-refractivity contribution in [2.24, 2.45) is 0 Å². The van der Waals surface area contributed by atoms with Gasteiger partial charge in [-0.3, -0.25) is 9.10 Å². The maximum atomic E-state index is 13.3. The normalized spacial score (nSPS) is 11.2. The second-order valence-corrected chi connectivity index (χ2v) is 9.41. The highest BCUT2D eigenvalue weighted by molar-refractivity contribution is 7.92. The first-order chi connectivity index (χ1) is 15.4. The minimum Gasteiger partial charge on any atom is -0.375 e. The van der Waals surface area contributed by atoms with Gasteiger partial charge in [0.15, 0.2) is 0 Å². The van der Waals surface area contributed by atoms with Crippen molar-refractivity contribution in [2.75, 3.05) is 24.0 Å². The van der Waals surface area contributed by atoms with E-state index in [0.717, 1.165) is 21.0 Å². The van der Waals surface area contributed by atoms with Gasteiger partial charge in [-0.2, -0.15) is 0 Å². The standard InChI is InChI=1S/C25H28N2O4S/c1-20-8-12-23(13-9-20)27(32(29,30)24-14-10-21(2)11-15-24)18-25(28)26-16-17-31-19-22-6-4-3-5-7-22/h3-15H,16-19H2,1-2H3,(H,26,28). The summed E-state index contributed by atoms with van der Waals surface area (Å²) in [7, 11) is -3.91. The van der Waals surface area contributed by atoms with Crippen LogP contribution in [-0.4, -0.2) is 34.0 Å². The Morgan fingerprint density at radius 2 is 1.47 bits per heavy atom. The van der Waals surface area contributed by atoms with E-state index in [-0.39, 0.29) is 18.0 Å². The summed E-state index contributed by atoms with van der Waals surface area (Å²) < 4.78 is 33.3. The fraction of sp³-hybridized carbons (Fsp3) is 0.240. The van der Waals surface area contributed by atoms with Gasteiger partial charge in [0.25, 0.3) is 10.0 Å². The number of carbonyl (C=O) groups is 1. The molecule has 0 aliphatic rings. The molecule has 0 atom stereocenters. The second kappa shape index (κ2) is 10.9. The third-order valence-corrected chi connectivity index (χ3v) is 6.69. The van der Waals surface area contributed by atoms with Crippen LogP contribution in [-0.2, 0) is 26.2 Å². The SMILES string of the molecule is Cc1ccc(N(CC(=O)NCCOCc2ccccc2)S(=O)(=O)c2ccc(C)cc2)cc1. The number of amides is 1. The van der Waals surface area contributed by atoms with Crippen molar-refractivity contribution in [1.82, 2.24) is 5.32 Å². The smallest absolute Gasteiger partial charge is 0.264 e. The van der Waals surface area contributed by atoms with E-state index in [1.807, 2.05) is 56.3 Å². The molecule has 0 aromatic heterocycles. The lowest BCUT2D eigenvalue weighted by Gasteiger charge is -2.24. The van der Waals surface area contributed by atoms with Crippen LogP contribution in [0.4, 0.5) is 5.69 Å². The molecule has 32 heavy (non-hydrogen) atoms. The number of aryl methyl sites for hydroxylation is 2. The topological polar surface area (TPSA) is 75.7 Å². The Morgan fingerprint density at radius 3 is 2.09 bits per heavy atom. The molecule has 0 spiro atoms. The van der Waals surface area contributed by atoms with Crippen molar-refractivity contribution in [2.45, 2.75) is 25.3 Å². The van der Waals surface area contributed by atoms with Crippen molar-refractivity contribution in [3.8, 4) is 0 Å². The molecule has 3 aromatic carbocycles. The number of hydrogen-bond acceptors (Lipinski definition) is 4. The summed E-state index contributed by atoms with van der Waals surface area (Å²) in [6, 6.07) is 23.4. The van der Waals surface area contributed by atoms with Crippen LogP contribution in [0.25, 0.3) is 0 Å². The number of ether oxygens (including phenoxy) is 1. The maximum Gasteiger partial charge on any atom is 0.264 e. The van der Waals surface area contributed by atoms with Gasteiger partial charge in [0.1, 0.15) is 6.54 Å². The lowest BCUT2D eigenvalue weighted by atomic mass is 10.2. The van der Waals surface area contributed by atoms with Crippen molar-refractivity contribution >= 4 is 21.6 Å². The Hall–Kier alpha value is -3.16. The lowest BCUT2D eigenvalue weighted by Crippen LogP contribution is -2.41. The maximum absolute atomic E-state index is 13.3. The summed E-state index contributed by atoms with van der Waals surface area (Å²) in [5, 5.41) is 2.74. The average molecular weight is 453 g/mol. The summed E-state index contributed by atoms with van der Waals surface area (Å²) in [4.78, 5) is 12.7. The van der Waals surface area contributed by atoms with Gasteiger partial charge in [0.2, 0.25) is 5.91 Å². The van der Waals surface area contributed by atoms with Gasteiger partial charge in [-0.25, -0.2) is 8.42 Å². The monoisotopic (exact) mass is 452 g/mol. The number of rotatable bonds is 10. The minimum atomic E-state index is -3.91. The predicted molar refractivity (Wildman–Crippen MR) is 126 cm³/mol. The molecule has 1 amide bonds. The van der Waals surface area contributed by atoms with Gasteiger partial charge in [-0.05, 0) is 43.7 Å². The number of nitrogens with zero attached hydrogens (tertiary/aromatic N) is 1. The van der Waals surface area contributed by atoms with Gasteiger partial charge in [0.05, 0.1) is 23.8 Å². The predicted octanol–water partition coefficient (Wildman–Crippen LogP) is 3.83. The molecule has 0 fully saturated rings. The Morgan fingerprint density at radius 1 is 0.875 bits per heavy atom. The minimum absolute atomic E-state index is 0.141. The van der Waals surface area contributed by atoms with E-state index in [1.54, 1.807) is 36.4 Å². The Labute approximate surface area is 189 Å². The molecule has 1 N–H and O–H groups in total. The molecule has 0 radical (unpaired) electrons. The zero-order chi connectivity index (χ0) is 23.0. The summed E-state index contributed by atoms with van der Waals surface area (Å²) in [6.07, 6.45) is 0. The molecular weight excluding hydrogens is 424 g/mol. The van der Waals surface area contributed by atoms with Crippen molar-refractivity contribution in [3.05, 3.63) is 95.6 Å². The molecule has 6 nitrogen and oxygen atoms in total. The quantitative estimate of drug-likeness (QED) is 0.475. The Balaban J connectivity index is 1.65. The van der Waals surface area contributed by atoms with E-state index >= 15 is 0 Å². The largest absolute Gasteiger partial charge is 0.375 e. The summed E-state index contributed by atoms with van der Waals surface area (Å²) >= 11 is 0. The first kappa shape index (κ1) is 23.5. The van der Waals surface area contributed by atoms with Crippen molar-refractivity contribution in [3.63, 3.8) is 0 Å². The van der Waals surface area contributed by atoms with E-state index in [0.29, 0.717) is 18.9 Å². The zero-order valence-electron chi connectivity index (χ0n) is 18.3. The molecule has 3 rings (SSSR count). The summed E-state index contributed by atoms with van der Waals surface area (Å²) in [5.74, 6) is -0.399. The van der Waals surface area contributed by atoms with Crippen LogP contribution >= 0.6 is 0 Å². The molecule has 0 aliphatic carbocycles. The number of sulfonamides is 1. The lowest BCUT2D eigenvalue weighted by molar-refractivity contribution is -0.119. The Kier molecular flexibility index (Phi) is 8.03. The average Bonchev–Trinajstić information content (AvgIpc) is 2.79. The van der Waals surface area contributed by atoms with Crippen LogP contribution in [0.1, 0.15) is 16.7 Å². The summed E-state index contributed by atoms with van der Waals surface area (Å²) in [6.45, 7) is 4.56. The summed E-state index contributed by atoms with van der Waals surface area (Å²) in [5.41, 5.74) is 3.45. The van der Waals surface area contributed by atoms with Gasteiger partial charge in [-0.1, -0.05) is 65.7 Å². The highest BCUT2D eigenvalue weighted by atomic mass is 32.2. The molecular formula is C25H28N2O4S. The third kappa shape index (κ3) is 6.42. The van der Waals surface area contributed by atoms with Crippen molar-refractivity contribution in [1.29, 1.82) is 0 Å². The van der Waals surface area contributed by atoms with E-state index in [1.165, 1.54) is 0 Å². The highest BCUT2D eigenvalue weighted by Gasteiger charge is 2.27. The number of hydrogen-bond donors (Lipinski definition) is 1. The highest BCUT2D eigenvalue weighted by Crippen LogP contribution is 2.24. The van der Waals surface area contributed by atoms with Crippen LogP contribution in [0.5, 0.6) is 0 Å². The molecule has 0 saturated carbocycles. The van der Waals surface area contributed by atoms with Crippen LogP contribution in [0.3, 0.4) is 0 Å². The number of anilines is 1. The molecule has 7 heteroatoms. The van der Waals surface area contributed by atoms with Crippen LogP contribution in [0.2, 0.25) is 0 Å². The van der Waals surface area contributed by atoms with E-state index in [2.05, 4.69) is 5.32 Å². The molecule has 0 bridgehead atoms. The molecule has 0 saturated heterocycles. The van der Waals surface area contributed by atoms with E-state index in [4.69, 9.17) is 4.74 Å². The van der Waals surface area contributed by atoms with E-state index in [9.17, 15) is 13.2 Å². The van der Waals surface area contributed by atoms with Gasteiger partial charge in [0, 0.05) is 6.54 Å². The fourth-order valence-corrected chi connectivity index (χ4v) is 4.50. The van der Waals surface area contributed by atoms with Crippen LogP contribution in [0, 0.1) is 13.8 Å². The number of nitrogens with one attached hydrogen (secondary N) is 1. The first-order valence-electron chi connectivity index (χ1n) is 10.4. The fourth-order valence-electron chi connectivity index (χ4n) is 3.08. The molecule has 168 valence electrons. The van der Waals surface area contributed by atoms with Gasteiger partial charge in [-0.15, -0.1) is 0 Å². The molecule has 0 unspecified atom stereocenters. The zero-order valence-corrected chi connectivity index (χ0v) is 19.1. The van der Waals surface area contributed by atoms with Gasteiger partial charge < -0.3 is 10.1 Å². The van der Waals surface area contributed by atoms with Gasteiger partial charge >= 0.3 is 0 Å².